The van der Waals surface area contributed by atoms with Crippen LogP contribution in [0.5, 0.6) is 0 Å². The zero-order chi connectivity index (χ0) is 30.2. The van der Waals surface area contributed by atoms with Crippen LogP contribution in [0, 0.1) is 6.92 Å². The molecule has 0 heterocycles. The lowest BCUT2D eigenvalue weighted by Gasteiger charge is -2.30. The van der Waals surface area contributed by atoms with E-state index in [4.69, 9.17) is 0 Å². The molecule has 0 bridgehead atoms. The highest BCUT2D eigenvalue weighted by Gasteiger charge is 2.37. The smallest absolute Gasteiger partial charge is 0.0465 e. The van der Waals surface area contributed by atoms with Gasteiger partial charge in [-0.2, -0.15) is 0 Å². The van der Waals surface area contributed by atoms with Crippen LogP contribution < -0.4 is 4.90 Å². The average molecular weight is 568 g/mol. The van der Waals surface area contributed by atoms with Gasteiger partial charge in [0.05, 0.1) is 0 Å². The predicted molar refractivity (Wildman–Crippen MR) is 186 cm³/mol. The van der Waals surface area contributed by atoms with Gasteiger partial charge in [0.1, 0.15) is 0 Å². The minimum atomic E-state index is -0.0650. The van der Waals surface area contributed by atoms with Crippen LogP contribution in [0.1, 0.15) is 55.5 Å². The Morgan fingerprint density at radius 1 is 0.386 bits per heavy atom. The summed E-state index contributed by atoms with van der Waals surface area (Å²) in [6.07, 6.45) is 0. The standard InChI is InChI=1S/C43H37N/c1-28-14-16-29(17-15-28)30-18-20-31(21-19-30)44(32-22-24-36-34-10-6-8-12-38(34)42(2,3)40(36)26-32)33-23-25-37-35-11-7-9-13-39(35)43(4,5)41(37)27-33/h6-27H,1-5H3. The quantitative estimate of drug-likeness (QED) is 0.205. The molecule has 1 nitrogen and oxygen atoms in total. The minimum absolute atomic E-state index is 0.0650. The van der Waals surface area contributed by atoms with Crippen molar-refractivity contribution in [3.05, 3.63) is 161 Å². The Morgan fingerprint density at radius 3 is 1.25 bits per heavy atom. The summed E-state index contributed by atoms with van der Waals surface area (Å²) in [6, 6.07) is 49.7. The molecule has 0 N–H and O–H groups in total. The Hall–Kier alpha value is -4.88. The van der Waals surface area contributed by atoms with Crippen LogP contribution >= 0.6 is 0 Å². The Kier molecular flexibility index (Phi) is 5.81. The summed E-state index contributed by atoms with van der Waals surface area (Å²) in [5.41, 5.74) is 18.1. The number of nitrogens with zero attached hydrogens (tertiary/aromatic N) is 1. The number of hydrogen-bond donors (Lipinski definition) is 0. The summed E-state index contributed by atoms with van der Waals surface area (Å²) in [5.74, 6) is 0. The molecule has 0 unspecified atom stereocenters. The van der Waals surface area contributed by atoms with Crippen LogP contribution in [0.25, 0.3) is 33.4 Å². The van der Waals surface area contributed by atoms with E-state index in [9.17, 15) is 0 Å². The van der Waals surface area contributed by atoms with Crippen LogP contribution in [-0.4, -0.2) is 0 Å². The van der Waals surface area contributed by atoms with Gasteiger partial charge in [-0.15, -0.1) is 0 Å². The summed E-state index contributed by atoms with van der Waals surface area (Å²) in [5, 5.41) is 0. The van der Waals surface area contributed by atoms with Crippen LogP contribution in [0.2, 0.25) is 0 Å². The average Bonchev–Trinajstić information content (AvgIpc) is 3.41. The molecule has 44 heavy (non-hydrogen) atoms. The Morgan fingerprint density at radius 2 is 0.773 bits per heavy atom. The van der Waals surface area contributed by atoms with E-state index in [-0.39, 0.29) is 10.8 Å². The third-order valence-corrected chi connectivity index (χ3v) is 10.2. The molecule has 0 saturated heterocycles. The molecule has 0 radical (unpaired) electrons. The van der Waals surface area contributed by atoms with E-state index in [2.05, 4.69) is 173 Å². The molecule has 0 aliphatic heterocycles. The molecule has 214 valence electrons. The van der Waals surface area contributed by atoms with Crippen molar-refractivity contribution in [2.24, 2.45) is 0 Å². The topological polar surface area (TPSA) is 3.24 Å². The van der Waals surface area contributed by atoms with Gasteiger partial charge in [0.2, 0.25) is 0 Å². The maximum absolute atomic E-state index is 2.44. The van der Waals surface area contributed by atoms with E-state index in [1.54, 1.807) is 0 Å². The zero-order valence-corrected chi connectivity index (χ0v) is 26.1. The van der Waals surface area contributed by atoms with Crippen LogP contribution in [0.3, 0.4) is 0 Å². The van der Waals surface area contributed by atoms with Gasteiger partial charge in [0.15, 0.2) is 0 Å². The van der Waals surface area contributed by atoms with E-state index < -0.39 is 0 Å². The van der Waals surface area contributed by atoms with Crippen molar-refractivity contribution in [1.82, 2.24) is 0 Å². The number of anilines is 3. The Bertz CT molecular complexity index is 1950. The highest BCUT2D eigenvalue weighted by molar-refractivity contribution is 5.88. The molecule has 0 saturated carbocycles. The number of aryl methyl sites for hydroxylation is 1. The number of benzene rings is 6. The van der Waals surface area contributed by atoms with Crippen molar-refractivity contribution in [3.8, 4) is 33.4 Å². The van der Waals surface area contributed by atoms with Crippen LogP contribution in [0.4, 0.5) is 17.1 Å². The second-order valence-electron chi connectivity index (χ2n) is 13.5. The van der Waals surface area contributed by atoms with E-state index in [0.717, 1.165) is 5.69 Å². The molecule has 6 aromatic rings. The minimum Gasteiger partial charge on any atom is -0.310 e. The van der Waals surface area contributed by atoms with E-state index >= 15 is 0 Å². The lowest BCUT2D eigenvalue weighted by molar-refractivity contribution is 0.660. The van der Waals surface area contributed by atoms with Gasteiger partial charge in [-0.05, 0) is 99.0 Å². The van der Waals surface area contributed by atoms with Crippen molar-refractivity contribution in [2.45, 2.75) is 45.4 Å². The number of hydrogen-bond acceptors (Lipinski definition) is 1. The first-order valence-electron chi connectivity index (χ1n) is 15.7. The second-order valence-corrected chi connectivity index (χ2v) is 13.5. The molecule has 0 aromatic heterocycles. The van der Waals surface area contributed by atoms with Crippen molar-refractivity contribution < 1.29 is 0 Å². The fourth-order valence-corrected chi connectivity index (χ4v) is 7.66. The van der Waals surface area contributed by atoms with Gasteiger partial charge >= 0.3 is 0 Å². The lowest BCUT2D eigenvalue weighted by atomic mass is 9.82. The van der Waals surface area contributed by atoms with Gasteiger partial charge < -0.3 is 4.90 Å². The normalized spacial score (nSPS) is 14.8. The monoisotopic (exact) mass is 567 g/mol. The summed E-state index contributed by atoms with van der Waals surface area (Å²) in [7, 11) is 0. The summed E-state index contributed by atoms with van der Waals surface area (Å²) in [6.45, 7) is 11.6. The van der Waals surface area contributed by atoms with Gasteiger partial charge in [0, 0.05) is 27.9 Å². The fraction of sp³-hybridized carbons (Fsp3) is 0.163. The zero-order valence-electron chi connectivity index (χ0n) is 26.1. The SMILES string of the molecule is Cc1ccc(-c2ccc(N(c3ccc4c(c3)C(C)(C)c3ccccc3-4)c3ccc4c(c3)C(C)(C)c3ccccc3-4)cc2)cc1. The van der Waals surface area contributed by atoms with E-state index in [1.807, 2.05) is 0 Å². The first kappa shape index (κ1) is 26.7. The highest BCUT2D eigenvalue weighted by atomic mass is 15.1. The largest absolute Gasteiger partial charge is 0.310 e. The van der Waals surface area contributed by atoms with Crippen molar-refractivity contribution in [1.29, 1.82) is 0 Å². The summed E-state index contributed by atoms with van der Waals surface area (Å²) >= 11 is 0. The number of fused-ring (bicyclic) bond motifs is 6. The predicted octanol–water partition coefficient (Wildman–Crippen LogP) is 11.7. The molecule has 0 fully saturated rings. The molecule has 0 atom stereocenters. The molecular weight excluding hydrogens is 530 g/mol. The van der Waals surface area contributed by atoms with Crippen molar-refractivity contribution >= 4 is 17.1 Å². The van der Waals surface area contributed by atoms with Crippen LogP contribution in [0.15, 0.2) is 133 Å². The van der Waals surface area contributed by atoms with Crippen molar-refractivity contribution in [2.75, 3.05) is 4.90 Å². The molecule has 1 heteroatoms. The molecule has 8 rings (SSSR count). The molecular formula is C43H37N. The van der Waals surface area contributed by atoms with Gasteiger partial charge in [-0.1, -0.05) is 130 Å². The van der Waals surface area contributed by atoms with Gasteiger partial charge in [0.25, 0.3) is 0 Å². The Balaban J connectivity index is 1.29. The maximum Gasteiger partial charge on any atom is 0.0465 e. The van der Waals surface area contributed by atoms with E-state index in [1.165, 1.54) is 72.6 Å². The molecule has 6 aromatic carbocycles. The lowest BCUT2D eigenvalue weighted by Crippen LogP contribution is -2.18. The Labute approximate surface area is 261 Å². The third-order valence-electron chi connectivity index (χ3n) is 10.2. The second kappa shape index (κ2) is 9.56. The fourth-order valence-electron chi connectivity index (χ4n) is 7.66. The molecule has 0 amide bonds. The molecule has 0 spiro atoms. The third kappa shape index (κ3) is 3.92. The van der Waals surface area contributed by atoms with Gasteiger partial charge in [-0.3, -0.25) is 0 Å². The maximum atomic E-state index is 2.44. The highest BCUT2D eigenvalue weighted by Crippen LogP contribution is 2.53. The van der Waals surface area contributed by atoms with E-state index in [0.29, 0.717) is 0 Å². The molecule has 2 aliphatic carbocycles. The molecule has 2 aliphatic rings. The summed E-state index contributed by atoms with van der Waals surface area (Å²) in [4.78, 5) is 2.44. The summed E-state index contributed by atoms with van der Waals surface area (Å²) < 4.78 is 0. The van der Waals surface area contributed by atoms with Crippen LogP contribution in [-0.2, 0) is 10.8 Å². The first-order valence-corrected chi connectivity index (χ1v) is 15.7. The first-order chi connectivity index (χ1) is 21.2. The number of rotatable bonds is 4. The van der Waals surface area contributed by atoms with Crippen molar-refractivity contribution in [3.63, 3.8) is 0 Å². The van der Waals surface area contributed by atoms with Gasteiger partial charge in [-0.25, -0.2) is 0 Å².